The highest BCUT2D eigenvalue weighted by atomic mass is 35.5. The number of halogens is 1. The Hall–Kier alpha value is -2.73. The Morgan fingerprint density at radius 2 is 1.39 bits per heavy atom. The smallest absolute Gasteiger partial charge is 0.226 e. The lowest BCUT2D eigenvalue weighted by Gasteiger charge is -2.40. The van der Waals surface area contributed by atoms with Crippen molar-refractivity contribution in [2.24, 2.45) is 0 Å². The van der Waals surface area contributed by atoms with Gasteiger partial charge in [-0.1, -0.05) is 90.5 Å². The van der Waals surface area contributed by atoms with E-state index >= 15 is 0 Å². The molecule has 0 bridgehead atoms. The van der Waals surface area contributed by atoms with Gasteiger partial charge in [0.1, 0.15) is 0 Å². The van der Waals surface area contributed by atoms with Crippen LogP contribution in [0.3, 0.4) is 0 Å². The van der Waals surface area contributed by atoms with Gasteiger partial charge in [-0.05, 0) is 41.4 Å². The van der Waals surface area contributed by atoms with Gasteiger partial charge in [-0.3, -0.25) is 9.69 Å². The number of benzene rings is 3. The van der Waals surface area contributed by atoms with Gasteiger partial charge in [0.05, 0.1) is 6.04 Å². The van der Waals surface area contributed by atoms with Gasteiger partial charge in [0, 0.05) is 37.6 Å². The largest absolute Gasteiger partial charge is 0.346 e. The van der Waals surface area contributed by atoms with E-state index in [9.17, 15) is 4.79 Å². The van der Waals surface area contributed by atoms with Crippen LogP contribution >= 0.6 is 23.8 Å². The summed E-state index contributed by atoms with van der Waals surface area (Å²) in [5.41, 5.74) is 3.54. The van der Waals surface area contributed by atoms with Gasteiger partial charge in [0.15, 0.2) is 5.11 Å². The summed E-state index contributed by atoms with van der Waals surface area (Å²) in [5, 5.41) is 4.10. The Balaban J connectivity index is 1.33. The lowest BCUT2D eigenvalue weighted by molar-refractivity contribution is -0.119. The highest BCUT2D eigenvalue weighted by molar-refractivity contribution is 7.80. The average Bonchev–Trinajstić information content (AvgIpc) is 2.85. The van der Waals surface area contributed by atoms with Crippen molar-refractivity contribution in [3.63, 3.8) is 0 Å². The van der Waals surface area contributed by atoms with Gasteiger partial charge in [0.25, 0.3) is 0 Å². The minimum atomic E-state index is -0.0752. The summed E-state index contributed by atoms with van der Waals surface area (Å²) in [6.45, 7) is 3.29. The molecule has 0 radical (unpaired) electrons. The number of carbonyl (C=O) groups is 1. The van der Waals surface area contributed by atoms with Crippen LogP contribution in [0.1, 0.15) is 29.2 Å². The molecule has 1 saturated heterocycles. The van der Waals surface area contributed by atoms with Crippen LogP contribution in [0.2, 0.25) is 5.02 Å². The molecule has 3 aromatic rings. The summed E-state index contributed by atoms with van der Waals surface area (Å²) in [5.74, 6) is -0.0752. The molecule has 1 fully saturated rings. The molecule has 0 spiro atoms. The van der Waals surface area contributed by atoms with E-state index in [1.807, 2.05) is 24.3 Å². The van der Waals surface area contributed by atoms with Crippen molar-refractivity contribution in [2.75, 3.05) is 26.2 Å². The first-order valence-corrected chi connectivity index (χ1v) is 12.1. The van der Waals surface area contributed by atoms with E-state index in [0.29, 0.717) is 23.0 Å². The van der Waals surface area contributed by atoms with Gasteiger partial charge < -0.3 is 10.2 Å². The fraction of sp³-hybridized carbons (Fsp3) is 0.259. The van der Waals surface area contributed by atoms with Crippen molar-refractivity contribution in [1.82, 2.24) is 15.1 Å². The summed E-state index contributed by atoms with van der Waals surface area (Å²) in [7, 11) is 0. The number of hydrogen-bond acceptors (Lipinski definition) is 3. The Morgan fingerprint density at radius 1 is 0.848 bits per heavy atom. The topological polar surface area (TPSA) is 35.6 Å². The summed E-state index contributed by atoms with van der Waals surface area (Å²) >= 11 is 11.7. The molecule has 1 amide bonds. The number of carbonyl (C=O) groups excluding carboxylic acids is 1. The second-order valence-corrected chi connectivity index (χ2v) is 8.99. The maximum Gasteiger partial charge on any atom is 0.226 e. The van der Waals surface area contributed by atoms with Crippen molar-refractivity contribution >= 4 is 34.8 Å². The molecular weight excluding hydrogens is 450 g/mol. The zero-order valence-electron chi connectivity index (χ0n) is 18.5. The molecular formula is C27H28ClN3OS. The quantitative estimate of drug-likeness (QED) is 0.502. The third kappa shape index (κ3) is 6.20. The zero-order valence-corrected chi connectivity index (χ0v) is 20.1. The molecule has 1 N–H and O–H groups in total. The lowest BCUT2D eigenvalue weighted by atomic mass is 9.96. The van der Waals surface area contributed by atoms with Crippen molar-refractivity contribution in [1.29, 1.82) is 0 Å². The van der Waals surface area contributed by atoms with Gasteiger partial charge >= 0.3 is 0 Å². The van der Waals surface area contributed by atoms with Crippen LogP contribution in [0, 0.1) is 0 Å². The number of amides is 1. The Labute approximate surface area is 206 Å². The summed E-state index contributed by atoms with van der Waals surface area (Å²) < 4.78 is 0. The highest BCUT2D eigenvalue weighted by Gasteiger charge is 2.27. The average molecular weight is 478 g/mol. The van der Waals surface area contributed by atoms with E-state index in [4.69, 9.17) is 23.8 Å². The van der Waals surface area contributed by atoms with Crippen LogP contribution in [0.5, 0.6) is 0 Å². The second kappa shape index (κ2) is 11.4. The SMILES string of the molecule is O=C(CCc1ccccc1Cl)NC(=S)N1CCN(C(c2ccccc2)c2ccccc2)CC1. The summed E-state index contributed by atoms with van der Waals surface area (Å²) in [4.78, 5) is 17.0. The molecule has 6 heteroatoms. The van der Waals surface area contributed by atoms with Crippen molar-refractivity contribution in [3.05, 3.63) is 107 Å². The zero-order chi connectivity index (χ0) is 23.0. The molecule has 1 heterocycles. The van der Waals surface area contributed by atoms with Gasteiger partial charge in [0.2, 0.25) is 5.91 Å². The van der Waals surface area contributed by atoms with Gasteiger partial charge in [-0.25, -0.2) is 0 Å². The predicted octanol–water partition coefficient (Wildman–Crippen LogP) is 5.08. The number of nitrogens with one attached hydrogen (secondary N) is 1. The maximum atomic E-state index is 12.4. The molecule has 0 atom stereocenters. The molecule has 0 aliphatic carbocycles. The van der Waals surface area contributed by atoms with Crippen LogP contribution in [0.4, 0.5) is 0 Å². The van der Waals surface area contributed by atoms with Gasteiger partial charge in [-0.2, -0.15) is 0 Å². The van der Waals surface area contributed by atoms with Crippen LogP contribution < -0.4 is 5.32 Å². The van der Waals surface area contributed by atoms with Crippen molar-refractivity contribution < 1.29 is 4.79 Å². The standard InChI is InChI=1S/C27H28ClN3OS/c28-24-14-8-7-9-21(24)15-16-25(32)29-27(33)31-19-17-30(18-20-31)26(22-10-3-1-4-11-22)23-12-5-2-6-13-23/h1-14,26H,15-20H2,(H,29,32,33). The van der Waals surface area contributed by atoms with Crippen LogP contribution in [0.25, 0.3) is 0 Å². The lowest BCUT2D eigenvalue weighted by Crippen LogP contribution is -2.53. The van der Waals surface area contributed by atoms with E-state index in [1.54, 1.807) is 0 Å². The summed E-state index contributed by atoms with van der Waals surface area (Å²) in [6, 6.07) is 29.0. The van der Waals surface area contributed by atoms with E-state index in [2.05, 4.69) is 75.8 Å². The van der Waals surface area contributed by atoms with Crippen LogP contribution in [-0.4, -0.2) is 47.0 Å². The first-order chi connectivity index (χ1) is 16.1. The molecule has 0 aromatic heterocycles. The Kier molecular flexibility index (Phi) is 8.10. The second-order valence-electron chi connectivity index (χ2n) is 8.19. The monoisotopic (exact) mass is 477 g/mol. The van der Waals surface area contributed by atoms with Crippen LogP contribution in [-0.2, 0) is 11.2 Å². The third-order valence-corrected chi connectivity index (χ3v) is 6.75. The number of aryl methyl sites for hydroxylation is 1. The fourth-order valence-electron chi connectivity index (χ4n) is 4.28. The number of thiocarbonyl (C=S) groups is 1. The van der Waals surface area contributed by atoms with Gasteiger partial charge in [-0.15, -0.1) is 0 Å². The molecule has 170 valence electrons. The van der Waals surface area contributed by atoms with E-state index in [-0.39, 0.29) is 11.9 Å². The summed E-state index contributed by atoms with van der Waals surface area (Å²) in [6.07, 6.45) is 0.950. The van der Waals surface area contributed by atoms with E-state index in [0.717, 1.165) is 31.7 Å². The number of rotatable bonds is 6. The molecule has 4 rings (SSSR count). The number of piperazine rings is 1. The predicted molar refractivity (Wildman–Crippen MR) is 138 cm³/mol. The Bertz CT molecular complexity index is 1030. The van der Waals surface area contributed by atoms with Crippen molar-refractivity contribution in [3.8, 4) is 0 Å². The highest BCUT2D eigenvalue weighted by Crippen LogP contribution is 2.29. The molecule has 4 nitrogen and oxygen atoms in total. The molecule has 0 saturated carbocycles. The van der Waals surface area contributed by atoms with Crippen molar-refractivity contribution in [2.45, 2.75) is 18.9 Å². The first-order valence-electron chi connectivity index (χ1n) is 11.3. The van der Waals surface area contributed by atoms with E-state index in [1.165, 1.54) is 11.1 Å². The number of hydrogen-bond donors (Lipinski definition) is 1. The fourth-order valence-corrected chi connectivity index (χ4v) is 4.80. The third-order valence-electron chi connectivity index (χ3n) is 6.02. The molecule has 0 unspecified atom stereocenters. The Morgan fingerprint density at radius 3 is 1.97 bits per heavy atom. The molecule has 3 aromatic carbocycles. The normalized spacial score (nSPS) is 14.3. The minimum absolute atomic E-state index is 0.0752. The molecule has 1 aliphatic rings. The minimum Gasteiger partial charge on any atom is -0.346 e. The molecule has 33 heavy (non-hydrogen) atoms. The maximum absolute atomic E-state index is 12.4. The number of nitrogens with zero attached hydrogens (tertiary/aromatic N) is 2. The van der Waals surface area contributed by atoms with Crippen LogP contribution in [0.15, 0.2) is 84.9 Å². The molecule has 1 aliphatic heterocycles. The first kappa shape index (κ1) is 23.4. The van der Waals surface area contributed by atoms with E-state index < -0.39 is 0 Å².